The Labute approximate surface area is 235 Å². The highest BCUT2D eigenvalue weighted by Crippen LogP contribution is 2.42. The second-order valence-corrected chi connectivity index (χ2v) is 10.5. The van der Waals surface area contributed by atoms with Crippen LogP contribution in [0.4, 0.5) is 0 Å². The topological polar surface area (TPSA) is 122 Å². The first-order chi connectivity index (χ1) is 19.9. The minimum atomic E-state index is -0.187. The number of benzene rings is 2. The highest BCUT2D eigenvalue weighted by atomic mass is 16.5. The van der Waals surface area contributed by atoms with Gasteiger partial charge in [-0.05, 0) is 45.0 Å². The Kier molecular flexibility index (Phi) is 5.93. The summed E-state index contributed by atoms with van der Waals surface area (Å²) in [6, 6.07) is 14.1. The Balaban J connectivity index is 1.52. The molecule has 10 nitrogen and oxygen atoms in total. The number of pyridine rings is 1. The van der Waals surface area contributed by atoms with Crippen LogP contribution in [-0.4, -0.2) is 68.7 Å². The third-order valence-corrected chi connectivity index (χ3v) is 7.83. The third kappa shape index (κ3) is 4.10. The van der Waals surface area contributed by atoms with Gasteiger partial charge in [-0.1, -0.05) is 23.4 Å². The fourth-order valence-electron chi connectivity index (χ4n) is 5.91. The van der Waals surface area contributed by atoms with Crippen LogP contribution >= 0.6 is 0 Å². The molecular weight excluding hydrogens is 518 g/mol. The zero-order valence-corrected chi connectivity index (χ0v) is 23.3. The lowest BCUT2D eigenvalue weighted by Crippen LogP contribution is -2.51. The average Bonchev–Trinajstić information content (AvgIpc) is 3.52. The molecule has 0 radical (unpaired) electrons. The first kappa shape index (κ1) is 25.2. The van der Waals surface area contributed by atoms with Gasteiger partial charge in [-0.3, -0.25) is 9.78 Å². The lowest BCUT2D eigenvalue weighted by Gasteiger charge is -2.31. The van der Waals surface area contributed by atoms with Gasteiger partial charge in [0.05, 0.1) is 35.0 Å². The number of aryl methyl sites for hydroxylation is 2. The predicted octanol–water partition coefficient (Wildman–Crippen LogP) is 5.04. The van der Waals surface area contributed by atoms with E-state index in [4.69, 9.17) is 19.2 Å². The number of amides is 1. The minimum absolute atomic E-state index is 0.159. The van der Waals surface area contributed by atoms with E-state index in [9.17, 15) is 4.79 Å². The number of para-hydroxylation sites is 1. The van der Waals surface area contributed by atoms with Gasteiger partial charge in [0.25, 0.3) is 5.91 Å². The number of aromatic amines is 1. The molecule has 0 bridgehead atoms. The molecule has 10 heteroatoms. The van der Waals surface area contributed by atoms with Crippen molar-refractivity contribution in [3.63, 3.8) is 0 Å². The van der Waals surface area contributed by atoms with Crippen molar-refractivity contribution in [2.75, 3.05) is 26.7 Å². The molecule has 0 aliphatic carbocycles. The molecule has 41 heavy (non-hydrogen) atoms. The molecule has 1 amide bonds. The number of H-pyrrole nitrogens is 1. The number of hydrogen-bond acceptors (Lipinski definition) is 8. The number of aromatic nitrogens is 5. The van der Waals surface area contributed by atoms with Crippen LogP contribution in [0, 0.1) is 13.8 Å². The molecule has 6 aromatic rings. The summed E-state index contributed by atoms with van der Waals surface area (Å²) >= 11 is 0. The van der Waals surface area contributed by atoms with Crippen LogP contribution in [-0.2, 0) is 0 Å². The first-order valence-corrected chi connectivity index (χ1v) is 13.6. The van der Waals surface area contributed by atoms with Crippen molar-refractivity contribution < 1.29 is 14.1 Å². The predicted molar refractivity (Wildman–Crippen MR) is 157 cm³/mol. The Bertz CT molecular complexity index is 1950. The fraction of sp³-hybridized carbons (Fsp3) is 0.258. The second-order valence-electron chi connectivity index (χ2n) is 10.5. The summed E-state index contributed by atoms with van der Waals surface area (Å²) in [5.74, 6) is 1.35. The molecule has 1 saturated heterocycles. The van der Waals surface area contributed by atoms with E-state index >= 15 is 0 Å². The summed E-state index contributed by atoms with van der Waals surface area (Å²) in [7, 11) is 1.65. The van der Waals surface area contributed by atoms with Crippen molar-refractivity contribution in [3.05, 3.63) is 65.9 Å². The number of methoxy groups -OCH3 is 1. The van der Waals surface area contributed by atoms with Crippen LogP contribution in [0.25, 0.3) is 55.2 Å². The number of hydrogen-bond donors (Lipinski definition) is 2. The van der Waals surface area contributed by atoms with E-state index in [2.05, 4.69) is 27.4 Å². The Morgan fingerprint density at radius 2 is 1.95 bits per heavy atom. The van der Waals surface area contributed by atoms with Crippen LogP contribution in [0.2, 0.25) is 0 Å². The van der Waals surface area contributed by atoms with Crippen LogP contribution < -0.4 is 10.1 Å². The molecule has 2 N–H and O–H groups in total. The Morgan fingerprint density at radius 1 is 1.10 bits per heavy atom. The van der Waals surface area contributed by atoms with Crippen LogP contribution in [0.15, 0.2) is 53.2 Å². The quantitative estimate of drug-likeness (QED) is 0.315. The smallest absolute Gasteiger partial charge is 0.291 e. The maximum atomic E-state index is 13.7. The number of ether oxygens (including phenoxy) is 1. The van der Waals surface area contributed by atoms with Crippen molar-refractivity contribution >= 4 is 38.7 Å². The van der Waals surface area contributed by atoms with Crippen molar-refractivity contribution in [2.24, 2.45) is 0 Å². The first-order valence-electron chi connectivity index (χ1n) is 13.6. The van der Waals surface area contributed by atoms with E-state index in [1.165, 1.54) is 0 Å². The summed E-state index contributed by atoms with van der Waals surface area (Å²) in [5.41, 5.74) is 6.33. The normalized spacial score (nSPS) is 15.7. The molecule has 5 heterocycles. The van der Waals surface area contributed by atoms with Gasteiger partial charge in [-0.2, -0.15) is 0 Å². The molecule has 1 atom stereocenters. The standard InChI is InChI=1S/C31H29N7O3/c1-16-15-38(12-11-32-16)31(39)30-35-28(20-9-10-33-23-8-6-5-7-19(20)23)27-21-14-25(40-4)22(13-24(21)34-29(27)36-30)26-17(2)37-41-18(26)3/h5-10,13-14,16,32H,11-12,15H2,1-4H3,(H,34,35,36). The van der Waals surface area contributed by atoms with Gasteiger partial charge in [0, 0.05) is 59.3 Å². The average molecular weight is 548 g/mol. The number of carbonyl (C=O) groups is 1. The maximum Gasteiger partial charge on any atom is 0.291 e. The molecule has 1 unspecified atom stereocenters. The maximum absolute atomic E-state index is 13.7. The number of piperazine rings is 1. The number of nitrogens with zero attached hydrogens (tertiary/aromatic N) is 5. The zero-order chi connectivity index (χ0) is 28.2. The number of fused-ring (bicyclic) bond motifs is 4. The SMILES string of the molecule is COc1cc2c(cc1-c1c(C)noc1C)[nH]c1nc(C(=O)N3CCNC(C)C3)nc(-c3ccnc4ccccc34)c12. The number of nitrogens with one attached hydrogen (secondary N) is 2. The molecule has 1 aliphatic rings. The number of carbonyl (C=O) groups excluding carboxylic acids is 1. The fourth-order valence-corrected chi connectivity index (χ4v) is 5.91. The summed E-state index contributed by atoms with van der Waals surface area (Å²) in [6.07, 6.45) is 1.77. The van der Waals surface area contributed by atoms with Crippen LogP contribution in [0.1, 0.15) is 29.0 Å². The van der Waals surface area contributed by atoms with Gasteiger partial charge in [0.15, 0.2) is 0 Å². The molecular formula is C31H29N7O3. The van der Waals surface area contributed by atoms with Crippen LogP contribution in [0.5, 0.6) is 5.75 Å². The van der Waals surface area contributed by atoms with Crippen LogP contribution in [0.3, 0.4) is 0 Å². The second kappa shape index (κ2) is 9.67. The lowest BCUT2D eigenvalue weighted by molar-refractivity contribution is 0.0697. The van der Waals surface area contributed by atoms with E-state index in [0.717, 1.165) is 56.1 Å². The van der Waals surface area contributed by atoms with E-state index in [1.807, 2.05) is 61.2 Å². The van der Waals surface area contributed by atoms with Gasteiger partial charge in [-0.15, -0.1) is 0 Å². The Morgan fingerprint density at radius 3 is 2.73 bits per heavy atom. The molecule has 0 saturated carbocycles. The van der Waals surface area contributed by atoms with Gasteiger partial charge >= 0.3 is 0 Å². The van der Waals surface area contributed by atoms with Crippen molar-refractivity contribution in [1.29, 1.82) is 0 Å². The van der Waals surface area contributed by atoms with Gasteiger partial charge in [0.1, 0.15) is 17.2 Å². The summed E-state index contributed by atoms with van der Waals surface area (Å²) in [5, 5.41) is 10.2. The van der Waals surface area contributed by atoms with Crippen molar-refractivity contribution in [3.8, 4) is 28.1 Å². The van der Waals surface area contributed by atoms with E-state index in [-0.39, 0.29) is 17.8 Å². The van der Waals surface area contributed by atoms with Gasteiger partial charge in [-0.25, -0.2) is 9.97 Å². The summed E-state index contributed by atoms with van der Waals surface area (Å²) in [6.45, 7) is 7.79. The van der Waals surface area contributed by atoms with Gasteiger partial charge in [0.2, 0.25) is 5.82 Å². The third-order valence-electron chi connectivity index (χ3n) is 7.83. The Hall–Kier alpha value is -4.83. The monoisotopic (exact) mass is 547 g/mol. The highest BCUT2D eigenvalue weighted by Gasteiger charge is 2.27. The molecule has 1 aliphatic heterocycles. The molecule has 1 fully saturated rings. The minimum Gasteiger partial charge on any atom is -0.496 e. The van der Waals surface area contributed by atoms with Crippen molar-refractivity contribution in [1.82, 2.24) is 35.3 Å². The molecule has 7 rings (SSSR count). The number of rotatable bonds is 4. The van der Waals surface area contributed by atoms with Crippen molar-refractivity contribution in [2.45, 2.75) is 26.8 Å². The molecule has 0 spiro atoms. The molecule has 206 valence electrons. The highest BCUT2D eigenvalue weighted by molar-refractivity contribution is 6.16. The van der Waals surface area contributed by atoms with E-state index in [0.29, 0.717) is 35.9 Å². The summed E-state index contributed by atoms with van der Waals surface area (Å²) < 4.78 is 11.3. The molecule has 2 aromatic carbocycles. The lowest BCUT2D eigenvalue weighted by atomic mass is 9.99. The molecule has 4 aromatic heterocycles. The summed E-state index contributed by atoms with van der Waals surface area (Å²) in [4.78, 5) is 33.4. The van der Waals surface area contributed by atoms with Gasteiger partial charge < -0.3 is 24.5 Å². The van der Waals surface area contributed by atoms with E-state index in [1.54, 1.807) is 13.3 Å². The largest absolute Gasteiger partial charge is 0.496 e. The van der Waals surface area contributed by atoms with E-state index < -0.39 is 0 Å². The zero-order valence-electron chi connectivity index (χ0n) is 23.3.